The molecule has 5 heteroatoms. The predicted octanol–water partition coefficient (Wildman–Crippen LogP) is 5.82. The van der Waals surface area contributed by atoms with Crippen molar-refractivity contribution in [3.63, 3.8) is 0 Å². The van der Waals surface area contributed by atoms with E-state index in [4.69, 9.17) is 11.6 Å². The van der Waals surface area contributed by atoms with E-state index in [9.17, 15) is 0 Å². The van der Waals surface area contributed by atoms with Crippen LogP contribution in [-0.2, 0) is 6.42 Å². The molecule has 2 heterocycles. The van der Waals surface area contributed by atoms with Crippen LogP contribution >= 0.6 is 11.6 Å². The van der Waals surface area contributed by atoms with Crippen molar-refractivity contribution in [2.75, 3.05) is 4.90 Å². The minimum atomic E-state index is 0.213. The molecule has 4 aromatic rings. The first-order valence-corrected chi connectivity index (χ1v) is 9.69. The molecule has 0 unspecified atom stereocenters. The Balaban J connectivity index is 1.83. The number of rotatable bonds is 5. The van der Waals surface area contributed by atoms with Gasteiger partial charge in [0, 0.05) is 46.3 Å². The third kappa shape index (κ3) is 3.69. The SMILES string of the molecule is CC(C)N(c1ccc(Cl)cc1)c1nnc(Cc2ccncc2)c2ccccc12. The molecule has 0 aliphatic rings. The molecule has 4 nitrogen and oxygen atoms in total. The van der Waals surface area contributed by atoms with Gasteiger partial charge in [-0.2, -0.15) is 5.10 Å². The van der Waals surface area contributed by atoms with Crippen molar-refractivity contribution >= 4 is 33.9 Å². The summed E-state index contributed by atoms with van der Waals surface area (Å²) in [7, 11) is 0. The van der Waals surface area contributed by atoms with Crippen LogP contribution in [0.2, 0.25) is 5.02 Å². The van der Waals surface area contributed by atoms with Gasteiger partial charge in [0.2, 0.25) is 0 Å². The van der Waals surface area contributed by atoms with E-state index in [0.29, 0.717) is 0 Å². The van der Waals surface area contributed by atoms with Crippen LogP contribution in [0.1, 0.15) is 25.1 Å². The van der Waals surface area contributed by atoms with E-state index >= 15 is 0 Å². The third-order valence-electron chi connectivity index (χ3n) is 4.71. The van der Waals surface area contributed by atoms with E-state index in [1.54, 1.807) is 12.4 Å². The summed E-state index contributed by atoms with van der Waals surface area (Å²) < 4.78 is 0. The second kappa shape index (κ2) is 7.95. The molecule has 140 valence electrons. The number of aromatic nitrogens is 3. The molecular formula is C23H21ClN4. The standard InChI is InChI=1S/C23H21ClN4/c1-16(2)28(19-9-7-18(24)8-10-19)23-21-6-4-3-5-20(21)22(26-27-23)15-17-11-13-25-14-12-17/h3-14,16H,15H2,1-2H3. The fraction of sp³-hybridized carbons (Fsp3) is 0.174. The van der Waals surface area contributed by atoms with Gasteiger partial charge >= 0.3 is 0 Å². The molecule has 0 radical (unpaired) electrons. The zero-order valence-electron chi connectivity index (χ0n) is 15.9. The number of anilines is 2. The lowest BCUT2D eigenvalue weighted by molar-refractivity contribution is 0.768. The molecule has 0 atom stereocenters. The van der Waals surface area contributed by atoms with Gasteiger partial charge in [0.05, 0.1) is 5.69 Å². The Morgan fingerprint density at radius 3 is 2.21 bits per heavy atom. The minimum absolute atomic E-state index is 0.213. The van der Waals surface area contributed by atoms with Crippen molar-refractivity contribution in [1.29, 1.82) is 0 Å². The summed E-state index contributed by atoms with van der Waals surface area (Å²) >= 11 is 6.08. The lowest BCUT2D eigenvalue weighted by Gasteiger charge is -2.29. The highest BCUT2D eigenvalue weighted by molar-refractivity contribution is 6.30. The maximum absolute atomic E-state index is 6.08. The first-order valence-electron chi connectivity index (χ1n) is 9.31. The van der Waals surface area contributed by atoms with Crippen molar-refractivity contribution in [2.24, 2.45) is 0 Å². The Labute approximate surface area is 169 Å². The minimum Gasteiger partial charge on any atom is -0.322 e. The summed E-state index contributed by atoms with van der Waals surface area (Å²) in [6.07, 6.45) is 4.33. The van der Waals surface area contributed by atoms with Crippen molar-refractivity contribution < 1.29 is 0 Å². The summed E-state index contributed by atoms with van der Waals surface area (Å²) in [5.74, 6) is 0.853. The van der Waals surface area contributed by atoms with E-state index in [1.807, 2.05) is 48.5 Å². The lowest BCUT2D eigenvalue weighted by Crippen LogP contribution is -2.27. The van der Waals surface area contributed by atoms with Crippen LogP contribution in [-0.4, -0.2) is 21.2 Å². The molecule has 0 spiro atoms. The van der Waals surface area contributed by atoms with Crippen LogP contribution in [0.5, 0.6) is 0 Å². The molecule has 0 N–H and O–H groups in total. The van der Waals surface area contributed by atoms with E-state index in [1.165, 1.54) is 5.56 Å². The van der Waals surface area contributed by atoms with Gasteiger partial charge in [-0.25, -0.2) is 0 Å². The van der Waals surface area contributed by atoms with Crippen LogP contribution in [0, 0.1) is 0 Å². The van der Waals surface area contributed by atoms with E-state index < -0.39 is 0 Å². The second-order valence-corrected chi connectivity index (χ2v) is 7.42. The average Bonchev–Trinajstić information content (AvgIpc) is 2.72. The molecule has 4 rings (SSSR count). The Hall–Kier alpha value is -2.98. The van der Waals surface area contributed by atoms with Crippen molar-refractivity contribution in [3.8, 4) is 0 Å². The van der Waals surface area contributed by atoms with Gasteiger partial charge in [0.25, 0.3) is 0 Å². The summed E-state index contributed by atoms with van der Waals surface area (Å²) in [5.41, 5.74) is 3.17. The molecule has 2 aromatic carbocycles. The molecule has 0 aliphatic carbocycles. The van der Waals surface area contributed by atoms with E-state index in [-0.39, 0.29) is 6.04 Å². The van der Waals surface area contributed by atoms with E-state index in [2.05, 4.69) is 46.1 Å². The molecule has 0 aliphatic heterocycles. The molecule has 2 aromatic heterocycles. The van der Waals surface area contributed by atoms with Gasteiger partial charge in [0.1, 0.15) is 0 Å². The summed E-state index contributed by atoms with van der Waals surface area (Å²) in [4.78, 5) is 6.29. The quantitative estimate of drug-likeness (QED) is 0.432. The highest BCUT2D eigenvalue weighted by Gasteiger charge is 2.19. The van der Waals surface area contributed by atoms with Crippen molar-refractivity contribution in [3.05, 3.63) is 89.3 Å². The maximum atomic E-state index is 6.08. The highest BCUT2D eigenvalue weighted by atomic mass is 35.5. The Morgan fingerprint density at radius 1 is 0.857 bits per heavy atom. The molecule has 0 saturated heterocycles. The molecule has 28 heavy (non-hydrogen) atoms. The van der Waals surface area contributed by atoms with Crippen LogP contribution in [0.3, 0.4) is 0 Å². The topological polar surface area (TPSA) is 41.9 Å². The predicted molar refractivity (Wildman–Crippen MR) is 115 cm³/mol. The Bertz CT molecular complexity index is 1080. The fourth-order valence-corrected chi connectivity index (χ4v) is 3.54. The average molecular weight is 389 g/mol. The molecule has 0 fully saturated rings. The zero-order chi connectivity index (χ0) is 19.5. The van der Waals surface area contributed by atoms with Gasteiger partial charge in [-0.3, -0.25) is 4.98 Å². The van der Waals surface area contributed by atoms with Crippen molar-refractivity contribution in [2.45, 2.75) is 26.3 Å². The van der Waals surface area contributed by atoms with E-state index in [0.717, 1.165) is 39.4 Å². The van der Waals surface area contributed by atoms with Crippen LogP contribution in [0.4, 0.5) is 11.5 Å². The molecule has 0 amide bonds. The summed E-state index contributed by atoms with van der Waals surface area (Å²) in [6.45, 7) is 4.30. The number of hydrogen-bond acceptors (Lipinski definition) is 4. The first kappa shape index (κ1) is 18.4. The lowest BCUT2D eigenvalue weighted by atomic mass is 10.0. The number of pyridine rings is 1. The summed E-state index contributed by atoms with van der Waals surface area (Å²) in [5, 5.41) is 12.2. The van der Waals surface area contributed by atoms with Crippen LogP contribution in [0.15, 0.2) is 73.1 Å². The Kier molecular flexibility index (Phi) is 5.22. The van der Waals surface area contributed by atoms with Crippen LogP contribution in [0.25, 0.3) is 10.8 Å². The third-order valence-corrected chi connectivity index (χ3v) is 4.97. The monoisotopic (exact) mass is 388 g/mol. The molecule has 0 saturated carbocycles. The normalized spacial score (nSPS) is 11.1. The Morgan fingerprint density at radius 2 is 1.54 bits per heavy atom. The molecular weight excluding hydrogens is 368 g/mol. The van der Waals surface area contributed by atoms with Gasteiger partial charge in [0.15, 0.2) is 5.82 Å². The number of nitrogens with zero attached hydrogens (tertiary/aromatic N) is 4. The second-order valence-electron chi connectivity index (χ2n) is 6.99. The number of halogens is 1. The molecule has 0 bridgehead atoms. The maximum Gasteiger partial charge on any atom is 0.163 e. The van der Waals surface area contributed by atoms with Gasteiger partial charge < -0.3 is 4.90 Å². The highest BCUT2D eigenvalue weighted by Crippen LogP contribution is 2.33. The van der Waals surface area contributed by atoms with Gasteiger partial charge in [-0.15, -0.1) is 5.10 Å². The largest absolute Gasteiger partial charge is 0.322 e. The van der Waals surface area contributed by atoms with Gasteiger partial charge in [-0.05, 0) is 55.8 Å². The number of hydrogen-bond donors (Lipinski definition) is 0. The summed E-state index contributed by atoms with van der Waals surface area (Å²) in [6, 6.07) is 20.4. The zero-order valence-corrected chi connectivity index (χ0v) is 16.6. The first-order chi connectivity index (χ1) is 13.6. The fourth-order valence-electron chi connectivity index (χ4n) is 3.41. The van der Waals surface area contributed by atoms with Gasteiger partial charge in [-0.1, -0.05) is 35.9 Å². The van der Waals surface area contributed by atoms with Crippen LogP contribution < -0.4 is 4.90 Å². The smallest absolute Gasteiger partial charge is 0.163 e. The number of fused-ring (bicyclic) bond motifs is 1. The van der Waals surface area contributed by atoms with Crippen molar-refractivity contribution in [1.82, 2.24) is 15.2 Å². The number of benzene rings is 2.